The van der Waals surface area contributed by atoms with Crippen molar-refractivity contribution in [3.63, 3.8) is 0 Å². The quantitative estimate of drug-likeness (QED) is 0.494. The Morgan fingerprint density at radius 1 is 1.35 bits per heavy atom. The molecule has 17 heavy (non-hydrogen) atoms. The fourth-order valence-electron chi connectivity index (χ4n) is 2.40. The van der Waals surface area contributed by atoms with Gasteiger partial charge in [-0.3, -0.25) is 4.90 Å². The smallest absolute Gasteiger partial charge is 0.101 e. The summed E-state index contributed by atoms with van der Waals surface area (Å²) in [5.41, 5.74) is 1.77. The fourth-order valence-corrected chi connectivity index (χ4v) is 2.40. The van der Waals surface area contributed by atoms with E-state index in [9.17, 15) is 0 Å². The number of nitrogens with zero attached hydrogens (tertiary/aromatic N) is 2. The Labute approximate surface area is 103 Å². The molecule has 0 saturated carbocycles. The Bertz CT molecular complexity index is 375. The van der Waals surface area contributed by atoms with Crippen LogP contribution in [-0.2, 0) is 0 Å². The first-order valence-electron chi connectivity index (χ1n) is 6.31. The summed E-state index contributed by atoms with van der Waals surface area (Å²) in [4.78, 5) is 2.39. The van der Waals surface area contributed by atoms with Crippen LogP contribution < -0.4 is 0 Å². The summed E-state index contributed by atoms with van der Waals surface area (Å²) in [7, 11) is 0. The number of hydrogen-bond acceptors (Lipinski definition) is 3. The topological polar surface area (TPSA) is 35.8 Å². The molecule has 0 amide bonds. The molecular formula is C14H20N2O. The number of piperidine rings is 1. The maximum Gasteiger partial charge on any atom is 0.101 e. The van der Waals surface area contributed by atoms with Crippen LogP contribution in [0.25, 0.3) is 0 Å². The molecule has 1 aliphatic rings. The summed E-state index contributed by atoms with van der Waals surface area (Å²) in [6.45, 7) is 4.09. The van der Waals surface area contributed by atoms with Gasteiger partial charge in [0.25, 0.3) is 0 Å². The number of oxime groups is 1. The molecule has 2 rings (SSSR count). The van der Waals surface area contributed by atoms with Crippen molar-refractivity contribution in [1.82, 2.24) is 4.90 Å². The largest absolute Gasteiger partial charge is 0.411 e. The van der Waals surface area contributed by atoms with E-state index in [2.05, 4.69) is 17.0 Å². The van der Waals surface area contributed by atoms with Crippen LogP contribution >= 0.6 is 0 Å². The first-order chi connectivity index (χ1) is 8.31. The normalized spacial score (nSPS) is 22.6. The molecule has 0 spiro atoms. The second kappa shape index (κ2) is 5.82. The van der Waals surface area contributed by atoms with Crippen LogP contribution in [0.4, 0.5) is 0 Å². The average molecular weight is 232 g/mol. The Balaban J connectivity index is 2.05. The molecule has 1 fully saturated rings. The van der Waals surface area contributed by atoms with Crippen molar-refractivity contribution in [2.45, 2.75) is 32.2 Å². The van der Waals surface area contributed by atoms with Gasteiger partial charge in [0.15, 0.2) is 0 Å². The Morgan fingerprint density at radius 3 is 2.76 bits per heavy atom. The molecule has 1 heterocycles. The summed E-state index contributed by atoms with van der Waals surface area (Å²) < 4.78 is 0. The molecule has 3 nitrogen and oxygen atoms in total. The van der Waals surface area contributed by atoms with Crippen molar-refractivity contribution in [1.29, 1.82) is 0 Å². The zero-order chi connectivity index (χ0) is 12.1. The summed E-state index contributed by atoms with van der Waals surface area (Å²) in [6, 6.07) is 10.5. The summed E-state index contributed by atoms with van der Waals surface area (Å²) in [5.74, 6) is 0. The van der Waals surface area contributed by atoms with E-state index in [-0.39, 0.29) is 0 Å². The van der Waals surface area contributed by atoms with Gasteiger partial charge in [0.1, 0.15) is 5.71 Å². The molecular weight excluding hydrogens is 212 g/mol. The minimum Gasteiger partial charge on any atom is -0.411 e. The monoisotopic (exact) mass is 232 g/mol. The van der Waals surface area contributed by atoms with Crippen LogP contribution in [0.15, 0.2) is 35.5 Å². The molecule has 92 valence electrons. The molecule has 0 aliphatic carbocycles. The molecule has 3 heteroatoms. The highest BCUT2D eigenvalue weighted by Gasteiger charge is 2.20. The summed E-state index contributed by atoms with van der Waals surface area (Å²) in [5, 5.41) is 12.6. The van der Waals surface area contributed by atoms with Gasteiger partial charge in [-0.05, 0) is 26.3 Å². The first-order valence-corrected chi connectivity index (χ1v) is 6.31. The van der Waals surface area contributed by atoms with E-state index in [0.717, 1.165) is 24.4 Å². The average Bonchev–Trinajstić information content (AvgIpc) is 2.39. The first kappa shape index (κ1) is 12.1. The number of likely N-dealkylation sites (tertiary alicyclic amines) is 1. The molecule has 1 aromatic rings. The van der Waals surface area contributed by atoms with E-state index in [0.29, 0.717) is 6.04 Å². The van der Waals surface area contributed by atoms with Gasteiger partial charge in [-0.15, -0.1) is 0 Å². The van der Waals surface area contributed by atoms with Crippen molar-refractivity contribution in [3.8, 4) is 0 Å². The van der Waals surface area contributed by atoms with Gasteiger partial charge < -0.3 is 5.21 Å². The molecule has 1 N–H and O–H groups in total. The van der Waals surface area contributed by atoms with E-state index in [4.69, 9.17) is 5.21 Å². The SMILES string of the molecule is CC1CCCCN1C/C(=N\O)c1ccccc1. The zero-order valence-corrected chi connectivity index (χ0v) is 10.3. The van der Waals surface area contributed by atoms with Crippen molar-refractivity contribution in [2.24, 2.45) is 5.16 Å². The molecule has 1 saturated heterocycles. The van der Waals surface area contributed by atoms with Crippen LogP contribution in [0.2, 0.25) is 0 Å². The predicted octanol–water partition coefficient (Wildman–Crippen LogP) is 2.74. The molecule has 1 unspecified atom stereocenters. The molecule has 1 aromatic carbocycles. The highest BCUT2D eigenvalue weighted by Crippen LogP contribution is 2.17. The van der Waals surface area contributed by atoms with Crippen LogP contribution in [-0.4, -0.2) is 35.0 Å². The van der Waals surface area contributed by atoms with Gasteiger partial charge in [0, 0.05) is 18.2 Å². The standard InChI is InChI=1S/C14H20N2O/c1-12-7-5-6-10-16(12)11-14(15-17)13-8-3-2-4-9-13/h2-4,8-9,12,17H,5-7,10-11H2,1H3/b15-14+. The number of hydrogen-bond donors (Lipinski definition) is 1. The third kappa shape index (κ3) is 3.07. The van der Waals surface area contributed by atoms with E-state index in [1.807, 2.05) is 30.3 Å². The van der Waals surface area contributed by atoms with Crippen LogP contribution in [0.3, 0.4) is 0 Å². The lowest BCUT2D eigenvalue weighted by molar-refractivity contribution is 0.182. The Kier molecular flexibility index (Phi) is 4.15. The number of benzene rings is 1. The minimum absolute atomic E-state index is 0.587. The van der Waals surface area contributed by atoms with E-state index in [1.54, 1.807) is 0 Å². The third-order valence-corrected chi connectivity index (χ3v) is 3.52. The van der Waals surface area contributed by atoms with Crippen molar-refractivity contribution in [3.05, 3.63) is 35.9 Å². The molecule has 0 aromatic heterocycles. The Morgan fingerprint density at radius 2 is 2.12 bits per heavy atom. The highest BCUT2D eigenvalue weighted by molar-refractivity contribution is 6.01. The summed E-state index contributed by atoms with van der Waals surface area (Å²) >= 11 is 0. The van der Waals surface area contributed by atoms with E-state index in [1.165, 1.54) is 19.3 Å². The summed E-state index contributed by atoms with van der Waals surface area (Å²) in [6.07, 6.45) is 3.81. The number of rotatable bonds is 3. The van der Waals surface area contributed by atoms with Gasteiger partial charge in [0.05, 0.1) is 0 Å². The van der Waals surface area contributed by atoms with Gasteiger partial charge in [-0.2, -0.15) is 0 Å². The van der Waals surface area contributed by atoms with Gasteiger partial charge in [-0.1, -0.05) is 41.9 Å². The minimum atomic E-state index is 0.587. The zero-order valence-electron chi connectivity index (χ0n) is 10.3. The van der Waals surface area contributed by atoms with Gasteiger partial charge >= 0.3 is 0 Å². The molecule has 0 bridgehead atoms. The maximum absolute atomic E-state index is 9.16. The van der Waals surface area contributed by atoms with Crippen molar-refractivity contribution < 1.29 is 5.21 Å². The Hall–Kier alpha value is -1.35. The molecule has 1 aliphatic heterocycles. The van der Waals surface area contributed by atoms with Gasteiger partial charge in [-0.25, -0.2) is 0 Å². The van der Waals surface area contributed by atoms with Crippen LogP contribution in [0, 0.1) is 0 Å². The second-order valence-electron chi connectivity index (χ2n) is 4.73. The van der Waals surface area contributed by atoms with Crippen molar-refractivity contribution in [2.75, 3.05) is 13.1 Å². The third-order valence-electron chi connectivity index (χ3n) is 3.52. The highest BCUT2D eigenvalue weighted by atomic mass is 16.4. The fraction of sp³-hybridized carbons (Fsp3) is 0.500. The lowest BCUT2D eigenvalue weighted by Gasteiger charge is -2.33. The second-order valence-corrected chi connectivity index (χ2v) is 4.73. The maximum atomic E-state index is 9.16. The van der Waals surface area contributed by atoms with E-state index >= 15 is 0 Å². The van der Waals surface area contributed by atoms with Crippen molar-refractivity contribution >= 4 is 5.71 Å². The predicted molar refractivity (Wildman–Crippen MR) is 69.7 cm³/mol. The van der Waals surface area contributed by atoms with Gasteiger partial charge in [0.2, 0.25) is 0 Å². The van der Waals surface area contributed by atoms with Crippen LogP contribution in [0.1, 0.15) is 31.7 Å². The lowest BCUT2D eigenvalue weighted by atomic mass is 10.0. The molecule has 0 radical (unpaired) electrons. The molecule has 1 atom stereocenters. The van der Waals surface area contributed by atoms with E-state index < -0.39 is 0 Å². The lowest BCUT2D eigenvalue weighted by Crippen LogP contribution is -2.41. The van der Waals surface area contributed by atoms with Crippen LogP contribution in [0.5, 0.6) is 0 Å².